The fraction of sp³-hybridized carbons (Fsp3) is 0.895. The van der Waals surface area contributed by atoms with Crippen molar-refractivity contribution in [3.63, 3.8) is 0 Å². The van der Waals surface area contributed by atoms with Gasteiger partial charge in [0.15, 0.2) is 0 Å². The van der Waals surface area contributed by atoms with E-state index in [9.17, 15) is 9.59 Å². The minimum atomic E-state index is 0.0255. The van der Waals surface area contributed by atoms with Crippen molar-refractivity contribution < 1.29 is 9.59 Å². The highest BCUT2D eigenvalue weighted by Gasteiger charge is 2.30. The molecule has 1 unspecified atom stereocenters. The van der Waals surface area contributed by atoms with Crippen LogP contribution in [-0.2, 0) is 9.59 Å². The average Bonchev–Trinajstić information content (AvgIpc) is 2.98. The molecule has 138 valence electrons. The molecule has 5 nitrogen and oxygen atoms in total. The average molecular weight is 338 g/mol. The van der Waals surface area contributed by atoms with E-state index < -0.39 is 0 Å². The molecule has 0 saturated carbocycles. The first kappa shape index (κ1) is 19.2. The number of carbonyl (C=O) groups excluding carboxylic acids is 2. The second-order valence-electron chi connectivity index (χ2n) is 8.56. The molecule has 2 aliphatic heterocycles. The number of likely N-dealkylation sites (N-methyl/N-ethyl adjacent to an activating group) is 1. The van der Waals surface area contributed by atoms with Gasteiger partial charge in [-0.1, -0.05) is 27.7 Å². The van der Waals surface area contributed by atoms with Gasteiger partial charge in [-0.05, 0) is 44.2 Å². The lowest BCUT2D eigenvalue weighted by Crippen LogP contribution is -2.46. The molecule has 2 amide bonds. The standard InChI is InChI=1S/C19H35N3O2/c1-5-21-10-6-7-16(21)14-20-18(24)15-8-11-22(12-9-15)17(23)13-19(2,3)4/h15-16H,5-14H2,1-4H3,(H,20,24). The maximum Gasteiger partial charge on any atom is 0.223 e. The molecule has 0 bridgehead atoms. The summed E-state index contributed by atoms with van der Waals surface area (Å²) in [5.74, 6) is 0.479. The molecule has 24 heavy (non-hydrogen) atoms. The van der Waals surface area contributed by atoms with Crippen molar-refractivity contribution in [2.45, 2.75) is 65.8 Å². The Bertz CT molecular complexity index is 436. The van der Waals surface area contributed by atoms with Gasteiger partial charge in [-0.3, -0.25) is 14.5 Å². The number of carbonyl (C=O) groups is 2. The van der Waals surface area contributed by atoms with Crippen LogP contribution in [0.1, 0.15) is 59.8 Å². The van der Waals surface area contributed by atoms with Crippen molar-refractivity contribution in [3.05, 3.63) is 0 Å². The van der Waals surface area contributed by atoms with Crippen LogP contribution in [0.15, 0.2) is 0 Å². The lowest BCUT2D eigenvalue weighted by molar-refractivity contribution is -0.137. The molecule has 2 heterocycles. The summed E-state index contributed by atoms with van der Waals surface area (Å²) in [7, 11) is 0. The highest BCUT2D eigenvalue weighted by atomic mass is 16.2. The largest absolute Gasteiger partial charge is 0.354 e. The Labute approximate surface area is 147 Å². The summed E-state index contributed by atoms with van der Waals surface area (Å²) in [6.45, 7) is 12.9. The number of amides is 2. The summed E-state index contributed by atoms with van der Waals surface area (Å²) >= 11 is 0. The van der Waals surface area contributed by atoms with Crippen LogP contribution in [0.25, 0.3) is 0 Å². The molecule has 0 aliphatic carbocycles. The Kier molecular flexibility index (Phi) is 6.67. The molecule has 5 heteroatoms. The van der Waals surface area contributed by atoms with Gasteiger partial charge in [-0.25, -0.2) is 0 Å². The Morgan fingerprint density at radius 3 is 2.33 bits per heavy atom. The molecular formula is C19H35N3O2. The fourth-order valence-corrected chi connectivity index (χ4v) is 3.86. The minimum absolute atomic E-state index is 0.0255. The zero-order chi connectivity index (χ0) is 17.7. The van der Waals surface area contributed by atoms with Crippen LogP contribution in [0.3, 0.4) is 0 Å². The van der Waals surface area contributed by atoms with E-state index >= 15 is 0 Å². The maximum absolute atomic E-state index is 12.4. The van der Waals surface area contributed by atoms with Crippen LogP contribution in [-0.4, -0.2) is 60.4 Å². The van der Waals surface area contributed by atoms with Crippen LogP contribution < -0.4 is 5.32 Å². The third-order valence-electron chi connectivity index (χ3n) is 5.32. The molecule has 0 aromatic heterocycles. The van der Waals surface area contributed by atoms with Crippen molar-refractivity contribution in [1.29, 1.82) is 0 Å². The summed E-state index contributed by atoms with van der Waals surface area (Å²) in [5.41, 5.74) is 0.0255. The van der Waals surface area contributed by atoms with E-state index in [1.807, 2.05) is 4.90 Å². The van der Waals surface area contributed by atoms with Crippen LogP contribution >= 0.6 is 0 Å². The number of nitrogens with one attached hydrogen (secondary N) is 1. The van der Waals surface area contributed by atoms with Gasteiger partial charge < -0.3 is 10.2 Å². The fourth-order valence-electron chi connectivity index (χ4n) is 3.86. The van der Waals surface area contributed by atoms with E-state index in [1.54, 1.807) is 0 Å². The number of hydrogen-bond donors (Lipinski definition) is 1. The zero-order valence-corrected chi connectivity index (χ0v) is 15.9. The van der Waals surface area contributed by atoms with Crippen LogP contribution in [0.2, 0.25) is 0 Å². The highest BCUT2D eigenvalue weighted by Crippen LogP contribution is 2.23. The molecule has 0 aromatic rings. The summed E-state index contributed by atoms with van der Waals surface area (Å²) in [4.78, 5) is 29.1. The second-order valence-corrected chi connectivity index (χ2v) is 8.56. The van der Waals surface area contributed by atoms with Gasteiger partial charge in [0.05, 0.1) is 0 Å². The van der Waals surface area contributed by atoms with Crippen molar-refractivity contribution >= 4 is 11.8 Å². The van der Waals surface area contributed by atoms with Gasteiger partial charge >= 0.3 is 0 Å². The molecule has 1 N–H and O–H groups in total. The Hall–Kier alpha value is -1.10. The van der Waals surface area contributed by atoms with E-state index in [-0.39, 0.29) is 23.1 Å². The number of nitrogens with zero attached hydrogens (tertiary/aromatic N) is 2. The number of hydrogen-bond acceptors (Lipinski definition) is 3. The summed E-state index contributed by atoms with van der Waals surface area (Å²) in [5, 5.41) is 3.16. The summed E-state index contributed by atoms with van der Waals surface area (Å²) in [6.07, 6.45) is 4.60. The van der Waals surface area contributed by atoms with Gasteiger partial charge in [0.2, 0.25) is 11.8 Å². The molecule has 0 aromatic carbocycles. The monoisotopic (exact) mass is 337 g/mol. The highest BCUT2D eigenvalue weighted by molar-refractivity contribution is 5.80. The Morgan fingerprint density at radius 1 is 1.08 bits per heavy atom. The molecule has 2 rings (SSSR count). The number of rotatable bonds is 5. The SMILES string of the molecule is CCN1CCCC1CNC(=O)C1CCN(C(=O)CC(C)(C)C)CC1. The third kappa shape index (κ3) is 5.47. The van der Waals surface area contributed by atoms with E-state index in [0.717, 1.165) is 45.6 Å². The van der Waals surface area contributed by atoms with Crippen molar-refractivity contribution in [2.75, 3.05) is 32.7 Å². The first-order chi connectivity index (χ1) is 11.3. The molecule has 2 fully saturated rings. The molecule has 2 aliphatic rings. The summed E-state index contributed by atoms with van der Waals surface area (Å²) in [6, 6.07) is 0.507. The van der Waals surface area contributed by atoms with E-state index in [2.05, 4.69) is 37.9 Å². The Balaban J connectivity index is 1.71. The normalized spacial score (nSPS) is 23.5. The molecule has 0 radical (unpaired) electrons. The smallest absolute Gasteiger partial charge is 0.223 e. The van der Waals surface area contributed by atoms with E-state index in [0.29, 0.717) is 12.5 Å². The maximum atomic E-state index is 12.4. The number of likely N-dealkylation sites (tertiary alicyclic amines) is 2. The molecular weight excluding hydrogens is 302 g/mol. The molecule has 0 spiro atoms. The number of piperidine rings is 1. The molecule has 2 saturated heterocycles. The lowest BCUT2D eigenvalue weighted by Gasteiger charge is -2.33. The predicted molar refractivity (Wildman–Crippen MR) is 96.7 cm³/mol. The van der Waals surface area contributed by atoms with Crippen LogP contribution in [0.4, 0.5) is 0 Å². The van der Waals surface area contributed by atoms with Gasteiger partial charge in [0, 0.05) is 38.0 Å². The van der Waals surface area contributed by atoms with Crippen LogP contribution in [0, 0.1) is 11.3 Å². The first-order valence-electron chi connectivity index (χ1n) is 9.59. The Morgan fingerprint density at radius 2 is 1.75 bits per heavy atom. The van der Waals surface area contributed by atoms with E-state index in [1.165, 1.54) is 12.8 Å². The van der Waals surface area contributed by atoms with E-state index in [4.69, 9.17) is 0 Å². The minimum Gasteiger partial charge on any atom is -0.354 e. The first-order valence-corrected chi connectivity index (χ1v) is 9.59. The van der Waals surface area contributed by atoms with Crippen molar-refractivity contribution in [3.8, 4) is 0 Å². The van der Waals surface area contributed by atoms with Gasteiger partial charge in [0.25, 0.3) is 0 Å². The van der Waals surface area contributed by atoms with Crippen molar-refractivity contribution in [1.82, 2.24) is 15.1 Å². The molecule has 1 atom stereocenters. The third-order valence-corrected chi connectivity index (χ3v) is 5.32. The van der Waals surface area contributed by atoms with Gasteiger partial charge in [0.1, 0.15) is 0 Å². The zero-order valence-electron chi connectivity index (χ0n) is 15.9. The second kappa shape index (κ2) is 8.32. The van der Waals surface area contributed by atoms with Crippen LogP contribution in [0.5, 0.6) is 0 Å². The predicted octanol–water partition coefficient (Wildman–Crippen LogP) is 2.26. The lowest BCUT2D eigenvalue weighted by atomic mass is 9.90. The van der Waals surface area contributed by atoms with Gasteiger partial charge in [-0.15, -0.1) is 0 Å². The van der Waals surface area contributed by atoms with Gasteiger partial charge in [-0.2, -0.15) is 0 Å². The topological polar surface area (TPSA) is 52.7 Å². The quantitative estimate of drug-likeness (QED) is 0.837. The summed E-state index contributed by atoms with van der Waals surface area (Å²) < 4.78 is 0. The van der Waals surface area contributed by atoms with Crippen molar-refractivity contribution in [2.24, 2.45) is 11.3 Å².